The maximum Gasteiger partial charge on any atom is 0.321 e. The van der Waals surface area contributed by atoms with Crippen LogP contribution in [0.25, 0.3) is 0 Å². The van der Waals surface area contributed by atoms with Gasteiger partial charge in [0.05, 0.1) is 13.2 Å². The molecule has 8 heteroatoms. The van der Waals surface area contributed by atoms with Crippen LogP contribution in [0.4, 0.5) is 9.93 Å². The molecule has 0 bridgehead atoms. The standard InChI is InChI=1S/C15H25N5O2S/c21-14(18-15-16-2-10-23-15)17-11-13-1-3-20(12-13)5-4-19-6-8-22-9-7-19/h2,10,13H,1,3-9,11-12H2,(H2,16,17,18,21)/t13-/m1/s1. The predicted octanol–water partition coefficient (Wildman–Crippen LogP) is 0.919. The third-order valence-corrected chi connectivity index (χ3v) is 5.10. The van der Waals surface area contributed by atoms with Crippen LogP contribution in [0.5, 0.6) is 0 Å². The molecular weight excluding hydrogens is 314 g/mol. The van der Waals surface area contributed by atoms with Gasteiger partial charge < -0.3 is 15.0 Å². The van der Waals surface area contributed by atoms with E-state index in [1.54, 1.807) is 6.20 Å². The van der Waals surface area contributed by atoms with Gasteiger partial charge in [-0.1, -0.05) is 0 Å². The SMILES string of the molecule is O=C(NC[C@H]1CCN(CCN2CCOCC2)C1)Nc1nccs1. The number of morpholine rings is 1. The highest BCUT2D eigenvalue weighted by atomic mass is 32.1. The second-order valence-corrected chi connectivity index (χ2v) is 6.98. The quantitative estimate of drug-likeness (QED) is 0.806. The number of carbonyl (C=O) groups is 1. The lowest BCUT2D eigenvalue weighted by Gasteiger charge is -2.28. The van der Waals surface area contributed by atoms with Gasteiger partial charge in [-0.25, -0.2) is 9.78 Å². The monoisotopic (exact) mass is 339 g/mol. The summed E-state index contributed by atoms with van der Waals surface area (Å²) in [5.74, 6) is 0.543. The Morgan fingerprint density at radius 1 is 1.30 bits per heavy atom. The minimum Gasteiger partial charge on any atom is -0.379 e. The molecule has 1 atom stereocenters. The van der Waals surface area contributed by atoms with Crippen molar-refractivity contribution >= 4 is 22.5 Å². The van der Waals surface area contributed by atoms with E-state index in [1.807, 2.05) is 5.38 Å². The van der Waals surface area contributed by atoms with Crippen LogP contribution in [0.1, 0.15) is 6.42 Å². The molecule has 1 aromatic rings. The first kappa shape index (κ1) is 16.6. The van der Waals surface area contributed by atoms with E-state index in [2.05, 4.69) is 25.4 Å². The molecule has 2 fully saturated rings. The van der Waals surface area contributed by atoms with Crippen LogP contribution in [0.2, 0.25) is 0 Å². The van der Waals surface area contributed by atoms with Crippen molar-refractivity contribution in [3.8, 4) is 0 Å². The molecule has 23 heavy (non-hydrogen) atoms. The van der Waals surface area contributed by atoms with Gasteiger partial charge in [0.15, 0.2) is 5.13 Å². The zero-order valence-corrected chi connectivity index (χ0v) is 14.2. The van der Waals surface area contributed by atoms with Crippen molar-refractivity contribution in [2.75, 3.05) is 64.3 Å². The molecule has 2 aliphatic rings. The zero-order valence-electron chi connectivity index (χ0n) is 13.4. The molecule has 2 saturated heterocycles. The van der Waals surface area contributed by atoms with Gasteiger partial charge in [0, 0.05) is 50.8 Å². The van der Waals surface area contributed by atoms with Gasteiger partial charge in [-0.2, -0.15) is 0 Å². The summed E-state index contributed by atoms with van der Waals surface area (Å²) >= 11 is 1.43. The summed E-state index contributed by atoms with van der Waals surface area (Å²) in [5.41, 5.74) is 0. The summed E-state index contributed by atoms with van der Waals surface area (Å²) in [7, 11) is 0. The van der Waals surface area contributed by atoms with E-state index in [0.29, 0.717) is 11.0 Å². The van der Waals surface area contributed by atoms with Crippen LogP contribution in [-0.4, -0.2) is 79.8 Å². The van der Waals surface area contributed by atoms with E-state index < -0.39 is 0 Å². The number of carbonyl (C=O) groups excluding carboxylic acids is 1. The Balaban J connectivity index is 1.29. The zero-order chi connectivity index (χ0) is 15.9. The van der Waals surface area contributed by atoms with Crippen molar-refractivity contribution in [3.63, 3.8) is 0 Å². The highest BCUT2D eigenvalue weighted by Crippen LogP contribution is 2.15. The van der Waals surface area contributed by atoms with Gasteiger partial charge in [0.2, 0.25) is 0 Å². The molecule has 0 saturated carbocycles. The fraction of sp³-hybridized carbons (Fsp3) is 0.733. The van der Waals surface area contributed by atoms with E-state index in [1.165, 1.54) is 11.3 Å². The Kier molecular flexibility index (Phi) is 6.21. The molecule has 0 unspecified atom stereocenters. The minimum atomic E-state index is -0.160. The molecule has 0 aliphatic carbocycles. The van der Waals surface area contributed by atoms with Gasteiger partial charge in [0.1, 0.15) is 0 Å². The van der Waals surface area contributed by atoms with Crippen LogP contribution in [0.3, 0.4) is 0 Å². The summed E-state index contributed by atoms with van der Waals surface area (Å²) in [6.45, 7) is 8.99. The Bertz CT molecular complexity index is 478. The number of urea groups is 1. The largest absolute Gasteiger partial charge is 0.379 e. The lowest BCUT2D eigenvalue weighted by molar-refractivity contribution is 0.0343. The first-order valence-electron chi connectivity index (χ1n) is 8.26. The number of aromatic nitrogens is 1. The second-order valence-electron chi connectivity index (χ2n) is 6.08. The van der Waals surface area contributed by atoms with Crippen LogP contribution in [0, 0.1) is 5.92 Å². The maximum absolute atomic E-state index is 11.8. The molecule has 3 rings (SSSR count). The van der Waals surface area contributed by atoms with Gasteiger partial charge in [-0.05, 0) is 18.9 Å². The van der Waals surface area contributed by atoms with E-state index in [4.69, 9.17) is 4.74 Å². The number of amides is 2. The third-order valence-electron chi connectivity index (χ3n) is 4.41. The number of nitrogens with zero attached hydrogens (tertiary/aromatic N) is 3. The number of likely N-dealkylation sites (tertiary alicyclic amines) is 1. The van der Waals surface area contributed by atoms with Crippen molar-refractivity contribution in [2.45, 2.75) is 6.42 Å². The number of anilines is 1. The number of ether oxygens (including phenoxy) is 1. The van der Waals surface area contributed by atoms with E-state index >= 15 is 0 Å². The number of nitrogens with one attached hydrogen (secondary N) is 2. The third kappa shape index (κ3) is 5.42. The molecule has 2 aliphatic heterocycles. The summed E-state index contributed by atoms with van der Waals surface area (Å²) in [6, 6.07) is -0.160. The molecule has 2 amide bonds. The summed E-state index contributed by atoms with van der Waals surface area (Å²) < 4.78 is 5.38. The lowest BCUT2D eigenvalue weighted by atomic mass is 10.1. The fourth-order valence-corrected chi connectivity index (χ4v) is 3.58. The topological polar surface area (TPSA) is 69.7 Å². The molecule has 7 nitrogen and oxygen atoms in total. The van der Waals surface area contributed by atoms with Crippen molar-refractivity contribution in [2.24, 2.45) is 5.92 Å². The Morgan fingerprint density at radius 3 is 2.91 bits per heavy atom. The summed E-state index contributed by atoms with van der Waals surface area (Å²) in [6.07, 6.45) is 2.84. The summed E-state index contributed by atoms with van der Waals surface area (Å²) in [5, 5.41) is 8.19. The van der Waals surface area contributed by atoms with Crippen molar-refractivity contribution in [1.29, 1.82) is 0 Å². The van der Waals surface area contributed by atoms with E-state index in [-0.39, 0.29) is 6.03 Å². The molecule has 0 aromatic carbocycles. The van der Waals surface area contributed by atoms with Gasteiger partial charge in [-0.3, -0.25) is 10.2 Å². The molecule has 128 valence electrons. The van der Waals surface area contributed by atoms with Crippen molar-refractivity contribution < 1.29 is 9.53 Å². The average molecular weight is 339 g/mol. The van der Waals surface area contributed by atoms with Crippen LogP contribution in [-0.2, 0) is 4.74 Å². The smallest absolute Gasteiger partial charge is 0.321 e. The van der Waals surface area contributed by atoms with Crippen LogP contribution >= 0.6 is 11.3 Å². The number of hydrogen-bond acceptors (Lipinski definition) is 6. The molecule has 0 spiro atoms. The second kappa shape index (κ2) is 8.58. The Hall–Kier alpha value is -1.22. The Morgan fingerprint density at radius 2 is 2.13 bits per heavy atom. The first-order valence-corrected chi connectivity index (χ1v) is 9.14. The number of thiazole rings is 1. The maximum atomic E-state index is 11.8. The van der Waals surface area contributed by atoms with Gasteiger partial charge >= 0.3 is 6.03 Å². The van der Waals surface area contributed by atoms with Crippen molar-refractivity contribution in [3.05, 3.63) is 11.6 Å². The first-order chi connectivity index (χ1) is 11.3. The van der Waals surface area contributed by atoms with Gasteiger partial charge in [-0.15, -0.1) is 11.3 Å². The lowest BCUT2D eigenvalue weighted by Crippen LogP contribution is -2.41. The number of rotatable bonds is 6. The van der Waals surface area contributed by atoms with Gasteiger partial charge in [0.25, 0.3) is 0 Å². The highest BCUT2D eigenvalue weighted by Gasteiger charge is 2.23. The van der Waals surface area contributed by atoms with Crippen molar-refractivity contribution in [1.82, 2.24) is 20.1 Å². The highest BCUT2D eigenvalue weighted by molar-refractivity contribution is 7.13. The molecule has 3 heterocycles. The number of hydrogen-bond donors (Lipinski definition) is 2. The minimum absolute atomic E-state index is 0.160. The van der Waals surface area contributed by atoms with E-state index in [9.17, 15) is 4.79 Å². The predicted molar refractivity (Wildman–Crippen MR) is 90.9 cm³/mol. The van der Waals surface area contributed by atoms with Crippen LogP contribution < -0.4 is 10.6 Å². The summed E-state index contributed by atoms with van der Waals surface area (Å²) in [4.78, 5) is 20.8. The Labute approximate surface area is 141 Å². The molecular formula is C15H25N5O2S. The normalized spacial score (nSPS) is 23.0. The molecule has 0 radical (unpaired) electrons. The average Bonchev–Trinajstić information content (AvgIpc) is 3.24. The molecule has 1 aromatic heterocycles. The fourth-order valence-electron chi connectivity index (χ4n) is 3.05. The molecule has 2 N–H and O–H groups in total. The van der Waals surface area contributed by atoms with Crippen LogP contribution in [0.15, 0.2) is 11.6 Å². The van der Waals surface area contributed by atoms with E-state index in [0.717, 1.165) is 65.4 Å².